The normalized spacial score (nSPS) is 10.1. The highest BCUT2D eigenvalue weighted by Crippen LogP contribution is 2.27. The predicted molar refractivity (Wildman–Crippen MR) is 117 cm³/mol. The largest absolute Gasteiger partial charge is 0.473 e. The van der Waals surface area contributed by atoms with Crippen molar-refractivity contribution in [3.63, 3.8) is 0 Å². The average Bonchev–Trinajstić information content (AvgIpc) is 2.78. The summed E-state index contributed by atoms with van der Waals surface area (Å²) in [6, 6.07) is 19.7. The number of carboxylic acid groups (broad SMARTS) is 2. The summed E-state index contributed by atoms with van der Waals surface area (Å²) in [6.07, 6.45) is 4.31. The lowest BCUT2D eigenvalue weighted by molar-refractivity contribution is -0.159. The molecule has 0 spiro atoms. The van der Waals surface area contributed by atoms with Gasteiger partial charge in [-0.05, 0) is 42.0 Å². The number of anilines is 2. The van der Waals surface area contributed by atoms with Gasteiger partial charge in [-0.2, -0.15) is 5.10 Å². The molecule has 0 amide bonds. The van der Waals surface area contributed by atoms with Crippen LogP contribution in [0, 0.1) is 0 Å². The van der Waals surface area contributed by atoms with Gasteiger partial charge in [-0.1, -0.05) is 35.9 Å². The molecule has 0 fully saturated rings. The number of fused-ring (bicyclic) bond motifs is 1. The van der Waals surface area contributed by atoms with Crippen LogP contribution in [0.4, 0.5) is 11.5 Å². The van der Waals surface area contributed by atoms with Gasteiger partial charge < -0.3 is 15.5 Å². The van der Waals surface area contributed by atoms with Crippen LogP contribution in [0.5, 0.6) is 0 Å². The quantitative estimate of drug-likeness (QED) is 0.407. The monoisotopic (exact) mass is 436 g/mol. The summed E-state index contributed by atoms with van der Waals surface area (Å²) >= 11 is 5.95. The molecular formula is C22H17ClN4O4. The maximum absolute atomic E-state index is 9.10. The van der Waals surface area contributed by atoms with E-state index in [9.17, 15) is 0 Å². The molecule has 0 atom stereocenters. The number of rotatable bonds is 4. The fraction of sp³-hybridized carbons (Fsp3) is 0.0455. The Morgan fingerprint density at radius 1 is 0.839 bits per heavy atom. The van der Waals surface area contributed by atoms with E-state index in [-0.39, 0.29) is 0 Å². The number of benzene rings is 2. The van der Waals surface area contributed by atoms with Crippen LogP contribution < -0.4 is 5.32 Å². The van der Waals surface area contributed by atoms with Gasteiger partial charge in [-0.3, -0.25) is 4.98 Å². The Balaban J connectivity index is 0.000000401. The van der Waals surface area contributed by atoms with Crippen LogP contribution in [0.1, 0.15) is 11.3 Å². The third kappa shape index (κ3) is 5.97. The van der Waals surface area contributed by atoms with E-state index in [1.807, 2.05) is 48.5 Å². The average molecular weight is 437 g/mol. The van der Waals surface area contributed by atoms with Gasteiger partial charge in [0.2, 0.25) is 0 Å². The minimum Gasteiger partial charge on any atom is -0.473 e. The minimum atomic E-state index is -1.82. The molecule has 0 aliphatic rings. The highest BCUT2D eigenvalue weighted by atomic mass is 35.5. The summed E-state index contributed by atoms with van der Waals surface area (Å²) in [5.41, 5.74) is 3.03. The van der Waals surface area contributed by atoms with Crippen LogP contribution in [0.2, 0.25) is 5.02 Å². The number of hydrogen-bond donors (Lipinski definition) is 3. The molecule has 4 rings (SSSR count). The summed E-state index contributed by atoms with van der Waals surface area (Å²) in [4.78, 5) is 22.3. The Hall–Kier alpha value is -4.04. The first-order chi connectivity index (χ1) is 14.9. The number of carbonyl (C=O) groups is 2. The minimum absolute atomic E-state index is 0.703. The summed E-state index contributed by atoms with van der Waals surface area (Å²) < 4.78 is 0. The molecular weight excluding hydrogens is 420 g/mol. The zero-order valence-corrected chi connectivity index (χ0v) is 16.8. The number of nitrogens with one attached hydrogen (secondary N) is 1. The standard InChI is InChI=1S/C20H15ClN4.C2H2O4/c21-15-5-7-16(8-6-15)23-20-18-4-2-1-3-17(18)19(24-25-20)13-14-9-11-22-12-10-14;3-1(4)2(5)6/h1-12H,13H2,(H,23,25);(H,3,4)(H,5,6). The smallest absolute Gasteiger partial charge is 0.414 e. The first-order valence-corrected chi connectivity index (χ1v) is 9.44. The van der Waals surface area contributed by atoms with Crippen LogP contribution in [0.25, 0.3) is 10.8 Å². The SMILES string of the molecule is Clc1ccc(Nc2nnc(Cc3ccncc3)c3ccccc23)cc1.O=C(O)C(=O)O. The maximum Gasteiger partial charge on any atom is 0.414 e. The highest BCUT2D eigenvalue weighted by molar-refractivity contribution is 6.30. The van der Waals surface area contributed by atoms with Crippen LogP contribution >= 0.6 is 11.6 Å². The van der Waals surface area contributed by atoms with Crippen molar-refractivity contribution in [3.8, 4) is 0 Å². The summed E-state index contributed by atoms with van der Waals surface area (Å²) in [7, 11) is 0. The molecule has 156 valence electrons. The lowest BCUT2D eigenvalue weighted by Gasteiger charge is -2.11. The predicted octanol–water partition coefficient (Wildman–Crippen LogP) is 4.17. The Morgan fingerprint density at radius 3 is 2.06 bits per heavy atom. The van der Waals surface area contributed by atoms with Crippen molar-refractivity contribution in [3.05, 3.63) is 89.3 Å². The van der Waals surface area contributed by atoms with Gasteiger partial charge in [0.1, 0.15) is 0 Å². The van der Waals surface area contributed by atoms with E-state index < -0.39 is 11.9 Å². The van der Waals surface area contributed by atoms with Crippen molar-refractivity contribution in [1.29, 1.82) is 0 Å². The van der Waals surface area contributed by atoms with E-state index >= 15 is 0 Å². The molecule has 2 aromatic carbocycles. The van der Waals surface area contributed by atoms with Crippen molar-refractivity contribution in [2.24, 2.45) is 0 Å². The topological polar surface area (TPSA) is 125 Å². The molecule has 31 heavy (non-hydrogen) atoms. The Kier molecular flexibility index (Phi) is 7.08. The van der Waals surface area contributed by atoms with E-state index in [4.69, 9.17) is 31.4 Å². The van der Waals surface area contributed by atoms with Crippen LogP contribution in [0.15, 0.2) is 73.1 Å². The molecule has 0 radical (unpaired) electrons. The Morgan fingerprint density at radius 2 is 1.45 bits per heavy atom. The second kappa shape index (κ2) is 10.1. The van der Waals surface area contributed by atoms with E-state index in [0.29, 0.717) is 5.02 Å². The molecule has 0 bridgehead atoms. The zero-order valence-electron chi connectivity index (χ0n) is 16.1. The van der Waals surface area contributed by atoms with Crippen molar-refractivity contribution in [2.45, 2.75) is 6.42 Å². The molecule has 0 aliphatic heterocycles. The van der Waals surface area contributed by atoms with E-state index in [1.54, 1.807) is 12.4 Å². The number of carboxylic acids is 2. The van der Waals surface area contributed by atoms with Gasteiger partial charge in [0.25, 0.3) is 0 Å². The number of aliphatic carboxylic acids is 2. The number of pyridine rings is 1. The number of nitrogens with zero attached hydrogens (tertiary/aromatic N) is 3. The number of aromatic nitrogens is 3. The van der Waals surface area contributed by atoms with Gasteiger partial charge in [0.15, 0.2) is 5.82 Å². The third-order valence-corrected chi connectivity index (χ3v) is 4.43. The number of hydrogen-bond acceptors (Lipinski definition) is 6. The summed E-state index contributed by atoms with van der Waals surface area (Å²) in [5.74, 6) is -2.92. The van der Waals surface area contributed by atoms with Gasteiger partial charge in [-0.25, -0.2) is 9.59 Å². The summed E-state index contributed by atoms with van der Waals surface area (Å²) in [6.45, 7) is 0. The van der Waals surface area contributed by atoms with E-state index in [1.165, 1.54) is 0 Å². The second-order valence-electron chi connectivity index (χ2n) is 6.32. The first-order valence-electron chi connectivity index (χ1n) is 9.06. The molecule has 8 nitrogen and oxygen atoms in total. The fourth-order valence-corrected chi connectivity index (χ4v) is 2.87. The molecule has 9 heteroatoms. The lowest BCUT2D eigenvalue weighted by Crippen LogP contribution is -2.09. The van der Waals surface area contributed by atoms with Gasteiger partial charge in [0.05, 0.1) is 5.69 Å². The number of halogens is 1. The fourth-order valence-electron chi connectivity index (χ4n) is 2.75. The van der Waals surface area contributed by atoms with Crippen LogP contribution in [-0.4, -0.2) is 37.3 Å². The van der Waals surface area contributed by atoms with Crippen molar-refractivity contribution < 1.29 is 19.8 Å². The van der Waals surface area contributed by atoms with Crippen molar-refractivity contribution >= 4 is 45.8 Å². The molecule has 0 aliphatic carbocycles. The van der Waals surface area contributed by atoms with Crippen molar-refractivity contribution in [1.82, 2.24) is 15.2 Å². The molecule has 3 N–H and O–H groups in total. The molecule has 0 saturated heterocycles. The van der Waals surface area contributed by atoms with Crippen LogP contribution in [-0.2, 0) is 16.0 Å². The second-order valence-corrected chi connectivity index (χ2v) is 6.75. The van der Waals surface area contributed by atoms with Crippen LogP contribution in [0.3, 0.4) is 0 Å². The van der Waals surface area contributed by atoms with Gasteiger partial charge in [0, 0.05) is 40.3 Å². The van der Waals surface area contributed by atoms with Crippen molar-refractivity contribution in [2.75, 3.05) is 5.32 Å². The van der Waals surface area contributed by atoms with E-state index in [0.717, 1.165) is 40.0 Å². The lowest BCUT2D eigenvalue weighted by atomic mass is 10.0. The highest BCUT2D eigenvalue weighted by Gasteiger charge is 2.10. The zero-order chi connectivity index (χ0) is 22.2. The molecule has 0 unspecified atom stereocenters. The molecule has 0 saturated carbocycles. The first kappa shape index (κ1) is 21.7. The summed E-state index contributed by atoms with van der Waals surface area (Å²) in [5, 5.41) is 29.8. The molecule has 4 aromatic rings. The van der Waals surface area contributed by atoms with E-state index in [2.05, 4.69) is 32.6 Å². The van der Waals surface area contributed by atoms with Gasteiger partial charge in [-0.15, -0.1) is 5.10 Å². The molecule has 2 heterocycles. The Bertz CT molecular complexity index is 1190. The maximum atomic E-state index is 9.10. The third-order valence-electron chi connectivity index (χ3n) is 4.17. The molecule has 2 aromatic heterocycles. The Labute approximate surface area is 182 Å². The van der Waals surface area contributed by atoms with Gasteiger partial charge >= 0.3 is 11.9 Å².